The smallest absolute Gasteiger partial charge is 0.387 e. The molecular formula is C64H126N2O6P+. The van der Waals surface area contributed by atoms with Crippen molar-refractivity contribution in [1.82, 2.24) is 5.32 Å². The zero-order valence-corrected chi connectivity index (χ0v) is 50.3. The molecule has 432 valence electrons. The van der Waals surface area contributed by atoms with Crippen molar-refractivity contribution >= 4 is 13.7 Å². The van der Waals surface area contributed by atoms with Crippen LogP contribution in [-0.2, 0) is 18.4 Å². The van der Waals surface area contributed by atoms with E-state index in [-0.39, 0.29) is 19.1 Å². The van der Waals surface area contributed by atoms with Crippen LogP contribution >= 0.6 is 7.82 Å². The highest BCUT2D eigenvalue weighted by atomic mass is 31.2. The monoisotopic (exact) mass is 1050 g/mol. The van der Waals surface area contributed by atoms with E-state index < -0.39 is 20.0 Å². The SMILES string of the molecule is CCCCCCCCCCCCCCCCCCCCCC/C=C/CC/C=C/CC/C=C/C(O)C(COP(=O)(O)OCC[N+](C)(C)C)NC(=O)CCCCCCCCCCCCCCCCCCCCCCC. The summed E-state index contributed by atoms with van der Waals surface area (Å²) < 4.78 is 23.7. The van der Waals surface area contributed by atoms with Crippen LogP contribution in [0.2, 0.25) is 0 Å². The number of hydrogen-bond donors (Lipinski definition) is 3. The highest BCUT2D eigenvalue weighted by Gasteiger charge is 2.27. The first-order valence-corrected chi connectivity index (χ1v) is 33.4. The van der Waals surface area contributed by atoms with Crippen molar-refractivity contribution in [2.45, 2.75) is 328 Å². The lowest BCUT2D eigenvalue weighted by Gasteiger charge is -2.25. The van der Waals surface area contributed by atoms with Crippen molar-refractivity contribution in [3.63, 3.8) is 0 Å². The van der Waals surface area contributed by atoms with Gasteiger partial charge in [-0.15, -0.1) is 0 Å². The van der Waals surface area contributed by atoms with E-state index in [1.807, 2.05) is 27.2 Å². The zero-order valence-electron chi connectivity index (χ0n) is 49.4. The van der Waals surface area contributed by atoms with E-state index in [1.54, 1.807) is 6.08 Å². The van der Waals surface area contributed by atoms with Crippen LogP contribution in [0.4, 0.5) is 0 Å². The molecule has 8 nitrogen and oxygen atoms in total. The summed E-state index contributed by atoms with van der Waals surface area (Å²) in [7, 11) is 1.56. The molecule has 9 heteroatoms. The maximum absolute atomic E-state index is 13.0. The molecule has 3 N–H and O–H groups in total. The molecule has 0 saturated heterocycles. The summed E-state index contributed by atoms with van der Waals surface area (Å²) in [5.74, 6) is -0.185. The van der Waals surface area contributed by atoms with Crippen LogP contribution in [0.5, 0.6) is 0 Å². The van der Waals surface area contributed by atoms with Crippen LogP contribution in [0.25, 0.3) is 0 Å². The molecule has 0 aliphatic heterocycles. The quantitative estimate of drug-likeness (QED) is 0.0243. The van der Waals surface area contributed by atoms with Crippen molar-refractivity contribution in [2.75, 3.05) is 40.9 Å². The minimum atomic E-state index is -4.36. The Morgan fingerprint density at radius 1 is 0.452 bits per heavy atom. The number of carbonyl (C=O) groups excluding carboxylic acids is 1. The summed E-state index contributed by atoms with van der Waals surface area (Å²) >= 11 is 0. The summed E-state index contributed by atoms with van der Waals surface area (Å²) in [4.78, 5) is 23.3. The number of quaternary nitrogens is 1. The van der Waals surface area contributed by atoms with Crippen LogP contribution in [0, 0.1) is 0 Å². The Balaban J connectivity index is 4.18. The fraction of sp³-hybridized carbons (Fsp3) is 0.891. The van der Waals surface area contributed by atoms with Crippen molar-refractivity contribution in [2.24, 2.45) is 0 Å². The second-order valence-corrected chi connectivity index (χ2v) is 24.6. The zero-order chi connectivity index (χ0) is 53.5. The Bertz CT molecular complexity index is 1280. The second-order valence-electron chi connectivity index (χ2n) is 23.1. The number of aliphatic hydroxyl groups is 1. The van der Waals surface area contributed by atoms with E-state index >= 15 is 0 Å². The summed E-state index contributed by atoms with van der Waals surface area (Å²) in [6.45, 7) is 4.84. The number of aliphatic hydroxyl groups excluding tert-OH is 1. The first-order chi connectivity index (χ1) is 35.5. The van der Waals surface area contributed by atoms with Gasteiger partial charge < -0.3 is 19.8 Å². The fourth-order valence-corrected chi connectivity index (χ4v) is 10.3. The topological polar surface area (TPSA) is 105 Å². The molecule has 0 fully saturated rings. The lowest BCUT2D eigenvalue weighted by molar-refractivity contribution is -0.870. The van der Waals surface area contributed by atoms with Gasteiger partial charge in [0, 0.05) is 6.42 Å². The Kier molecular flexibility index (Phi) is 54.5. The van der Waals surface area contributed by atoms with Gasteiger partial charge in [-0.25, -0.2) is 4.57 Å². The molecule has 0 bridgehead atoms. The second kappa shape index (κ2) is 55.5. The van der Waals surface area contributed by atoms with E-state index in [9.17, 15) is 19.4 Å². The number of allylic oxidation sites excluding steroid dienone is 5. The standard InChI is InChI=1S/C64H125N2O6P/c1-6-8-10-12-14-16-18-20-22-24-26-28-29-30-31-32-33-34-35-36-38-39-41-43-45-47-49-51-53-55-57-63(67)62(61-72-73(69,70)71-60-59-66(3,4)5)65-64(68)58-56-54-52-50-48-46-44-42-40-37-27-25-23-21-19-17-15-13-11-9-7-2/h39,41,47,49,55,57,62-63,67H,6-38,40,42-46,48,50-54,56,58-61H2,1-5H3,(H-,65,68,69,70)/p+1/b41-39+,49-47+,57-55+. The predicted molar refractivity (Wildman–Crippen MR) is 318 cm³/mol. The van der Waals surface area contributed by atoms with Gasteiger partial charge in [-0.05, 0) is 44.9 Å². The Hall–Kier alpha value is -1.28. The molecule has 0 saturated carbocycles. The van der Waals surface area contributed by atoms with Gasteiger partial charge in [0.15, 0.2) is 0 Å². The highest BCUT2D eigenvalue weighted by Crippen LogP contribution is 2.43. The van der Waals surface area contributed by atoms with Gasteiger partial charge in [0.1, 0.15) is 13.2 Å². The first kappa shape index (κ1) is 71.7. The van der Waals surface area contributed by atoms with Crippen molar-refractivity contribution < 1.29 is 32.9 Å². The molecule has 3 atom stereocenters. The number of carbonyl (C=O) groups is 1. The third-order valence-corrected chi connectivity index (χ3v) is 15.6. The maximum Gasteiger partial charge on any atom is 0.472 e. The molecule has 0 rings (SSSR count). The number of phosphoric acid groups is 1. The van der Waals surface area contributed by atoms with Crippen LogP contribution in [-0.4, -0.2) is 73.4 Å². The van der Waals surface area contributed by atoms with Gasteiger partial charge in [-0.3, -0.25) is 13.8 Å². The van der Waals surface area contributed by atoms with E-state index in [4.69, 9.17) is 9.05 Å². The number of nitrogens with zero attached hydrogens (tertiary/aromatic N) is 1. The Labute approximate surface area is 455 Å². The summed E-state index contributed by atoms with van der Waals surface area (Å²) in [5.41, 5.74) is 0. The van der Waals surface area contributed by atoms with Crippen LogP contribution in [0.3, 0.4) is 0 Å². The van der Waals surface area contributed by atoms with Crippen LogP contribution in [0.15, 0.2) is 36.5 Å². The Morgan fingerprint density at radius 2 is 0.753 bits per heavy atom. The van der Waals surface area contributed by atoms with Gasteiger partial charge >= 0.3 is 7.82 Å². The van der Waals surface area contributed by atoms with Gasteiger partial charge in [0.25, 0.3) is 0 Å². The molecule has 1 amide bonds. The van der Waals surface area contributed by atoms with Gasteiger partial charge in [0.2, 0.25) is 5.91 Å². The third kappa shape index (κ3) is 58.2. The number of likely N-dealkylation sites (N-methyl/N-ethyl adjacent to an activating group) is 1. The molecule has 0 aromatic heterocycles. The van der Waals surface area contributed by atoms with Crippen LogP contribution < -0.4 is 5.32 Å². The lowest BCUT2D eigenvalue weighted by atomic mass is 10.0. The molecule has 0 aliphatic carbocycles. The highest BCUT2D eigenvalue weighted by molar-refractivity contribution is 7.47. The minimum absolute atomic E-state index is 0.0553. The molecule has 0 aromatic rings. The molecule has 73 heavy (non-hydrogen) atoms. The number of amides is 1. The molecule has 0 spiro atoms. The van der Waals surface area contributed by atoms with Gasteiger partial charge in [-0.1, -0.05) is 301 Å². The van der Waals surface area contributed by atoms with E-state index in [1.165, 1.54) is 250 Å². The maximum atomic E-state index is 13.0. The molecular weight excluding hydrogens is 924 g/mol. The Morgan fingerprint density at radius 3 is 1.10 bits per heavy atom. The van der Waals surface area contributed by atoms with Crippen molar-refractivity contribution in [3.05, 3.63) is 36.5 Å². The summed E-state index contributed by atoms with van der Waals surface area (Å²) in [6.07, 6.45) is 72.8. The fourth-order valence-electron chi connectivity index (χ4n) is 9.61. The van der Waals surface area contributed by atoms with Crippen LogP contribution in [0.1, 0.15) is 316 Å². The van der Waals surface area contributed by atoms with E-state index in [0.29, 0.717) is 17.4 Å². The molecule has 0 aliphatic rings. The number of unbranched alkanes of at least 4 members (excludes halogenated alkanes) is 42. The average molecular weight is 1050 g/mol. The normalized spacial score (nSPS) is 14.0. The predicted octanol–water partition coefficient (Wildman–Crippen LogP) is 19.7. The van der Waals surface area contributed by atoms with Crippen molar-refractivity contribution in [3.8, 4) is 0 Å². The van der Waals surface area contributed by atoms with E-state index in [0.717, 1.165) is 44.9 Å². The summed E-state index contributed by atoms with van der Waals surface area (Å²) in [6, 6.07) is -0.868. The minimum Gasteiger partial charge on any atom is -0.387 e. The molecule has 0 radical (unpaired) electrons. The first-order valence-electron chi connectivity index (χ1n) is 31.9. The largest absolute Gasteiger partial charge is 0.472 e. The molecule has 0 heterocycles. The number of nitrogens with one attached hydrogen (secondary N) is 1. The van der Waals surface area contributed by atoms with Gasteiger partial charge in [-0.2, -0.15) is 0 Å². The van der Waals surface area contributed by atoms with E-state index in [2.05, 4.69) is 43.5 Å². The number of phosphoric ester groups is 1. The van der Waals surface area contributed by atoms with Gasteiger partial charge in [0.05, 0.1) is 39.9 Å². The summed E-state index contributed by atoms with van der Waals surface area (Å²) in [5, 5.41) is 13.9. The molecule has 0 aromatic carbocycles. The lowest BCUT2D eigenvalue weighted by Crippen LogP contribution is -2.45. The van der Waals surface area contributed by atoms with Crippen molar-refractivity contribution in [1.29, 1.82) is 0 Å². The number of hydrogen-bond acceptors (Lipinski definition) is 5. The number of rotatable bonds is 59. The third-order valence-electron chi connectivity index (χ3n) is 14.6. The molecule has 3 unspecified atom stereocenters. The average Bonchev–Trinajstić information content (AvgIpc) is 3.35.